The van der Waals surface area contributed by atoms with Crippen LogP contribution in [0.2, 0.25) is 18.1 Å². The molecule has 2 atom stereocenters. The van der Waals surface area contributed by atoms with E-state index in [1.807, 2.05) is 0 Å². The number of aliphatic hydroxyl groups excluding tert-OH is 1. The second-order valence-corrected chi connectivity index (χ2v) is 12.2. The highest BCUT2D eigenvalue weighted by Crippen LogP contribution is 2.36. The van der Waals surface area contributed by atoms with E-state index in [4.69, 9.17) is 9.16 Å². The van der Waals surface area contributed by atoms with Gasteiger partial charge in [0.2, 0.25) is 0 Å². The third-order valence-corrected chi connectivity index (χ3v) is 9.21. The number of aliphatic hydroxyl groups is 1. The zero-order valence-corrected chi connectivity index (χ0v) is 15.6. The molecule has 0 aliphatic carbocycles. The topological polar surface area (TPSA) is 59.0 Å². The van der Waals surface area contributed by atoms with E-state index in [0.29, 0.717) is 13.0 Å². The summed E-state index contributed by atoms with van der Waals surface area (Å²) in [5, 5.41) is 10.1. The first-order chi connectivity index (χ1) is 10.1. The molecule has 0 aromatic carbocycles. The van der Waals surface area contributed by atoms with Gasteiger partial charge in [0, 0.05) is 12.6 Å². The summed E-state index contributed by atoms with van der Waals surface area (Å²) in [7, 11) is -1.73. The van der Waals surface area contributed by atoms with Crippen molar-refractivity contribution >= 4 is 14.4 Å². The van der Waals surface area contributed by atoms with Crippen LogP contribution >= 0.6 is 0 Å². The third kappa shape index (κ3) is 4.83. The molecule has 1 unspecified atom stereocenters. The number of hydrogen-bond acceptors (Lipinski definition) is 4. The van der Waals surface area contributed by atoms with Gasteiger partial charge in [0.05, 0.1) is 0 Å². The Morgan fingerprint density at radius 3 is 2.64 bits per heavy atom. The summed E-state index contributed by atoms with van der Waals surface area (Å²) < 4.78 is 11.0. The number of nitrogens with zero attached hydrogens (tertiary/aromatic N) is 1. The van der Waals surface area contributed by atoms with Crippen LogP contribution < -0.4 is 0 Å². The molecule has 5 nitrogen and oxygen atoms in total. The van der Waals surface area contributed by atoms with E-state index in [9.17, 15) is 9.90 Å². The van der Waals surface area contributed by atoms with Crippen LogP contribution in [0.1, 0.15) is 40.0 Å². The molecule has 1 N–H and O–H groups in total. The minimum absolute atomic E-state index is 0.0486. The van der Waals surface area contributed by atoms with Gasteiger partial charge in [0.1, 0.15) is 6.61 Å². The van der Waals surface area contributed by atoms with Crippen molar-refractivity contribution in [1.29, 1.82) is 0 Å². The molecule has 1 rings (SSSR count). The lowest BCUT2D eigenvalue weighted by Crippen LogP contribution is -2.43. The highest BCUT2D eigenvalue weighted by Gasteiger charge is 2.38. The van der Waals surface area contributed by atoms with Crippen molar-refractivity contribution in [3.05, 3.63) is 12.7 Å². The molecule has 1 fully saturated rings. The van der Waals surface area contributed by atoms with Crippen molar-refractivity contribution in [3.8, 4) is 0 Å². The van der Waals surface area contributed by atoms with Crippen LogP contribution in [0.3, 0.4) is 0 Å². The van der Waals surface area contributed by atoms with Gasteiger partial charge in [-0.3, -0.25) is 4.90 Å². The van der Waals surface area contributed by atoms with E-state index in [1.54, 1.807) is 6.08 Å². The minimum Gasteiger partial charge on any atom is -0.445 e. The van der Waals surface area contributed by atoms with Gasteiger partial charge >= 0.3 is 6.09 Å². The first-order valence-electron chi connectivity index (χ1n) is 7.98. The van der Waals surface area contributed by atoms with Crippen LogP contribution in [-0.4, -0.2) is 49.9 Å². The lowest BCUT2D eigenvalue weighted by molar-refractivity contribution is 0.0320. The molecule has 22 heavy (non-hydrogen) atoms. The maximum absolute atomic E-state index is 11.7. The number of amides is 1. The Bertz CT molecular complexity index is 392. The molecule has 1 aliphatic heterocycles. The average Bonchev–Trinajstić information content (AvgIpc) is 2.72. The molecule has 1 heterocycles. The number of ether oxygens (including phenoxy) is 1. The number of rotatable bonds is 8. The highest BCUT2D eigenvalue weighted by molar-refractivity contribution is 6.74. The quantitative estimate of drug-likeness (QED) is 0.420. The van der Waals surface area contributed by atoms with Gasteiger partial charge < -0.3 is 14.3 Å². The second kappa shape index (κ2) is 7.61. The fraction of sp³-hybridized carbons (Fsp3) is 0.812. The molecular weight excluding hydrogens is 298 g/mol. The largest absolute Gasteiger partial charge is 0.445 e. The van der Waals surface area contributed by atoms with E-state index >= 15 is 0 Å². The molecule has 128 valence electrons. The van der Waals surface area contributed by atoms with Crippen LogP contribution in [0, 0.1) is 0 Å². The van der Waals surface area contributed by atoms with Crippen molar-refractivity contribution in [2.45, 2.75) is 70.4 Å². The molecule has 1 aliphatic rings. The van der Waals surface area contributed by atoms with E-state index in [-0.39, 0.29) is 17.7 Å². The molecule has 0 saturated carbocycles. The fourth-order valence-electron chi connectivity index (χ4n) is 2.24. The zero-order valence-electron chi connectivity index (χ0n) is 14.6. The van der Waals surface area contributed by atoms with E-state index in [1.165, 1.54) is 4.90 Å². The molecule has 0 spiro atoms. The lowest BCUT2D eigenvalue weighted by Gasteiger charge is -2.36. The molecule has 0 bridgehead atoms. The second-order valence-electron chi connectivity index (χ2n) is 7.39. The summed E-state index contributed by atoms with van der Waals surface area (Å²) in [6, 6.07) is -0.0782. The smallest absolute Gasteiger partial charge is 0.412 e. The summed E-state index contributed by atoms with van der Waals surface area (Å²) in [5.74, 6) is 0. The maximum Gasteiger partial charge on any atom is 0.412 e. The van der Waals surface area contributed by atoms with Crippen LogP contribution in [-0.2, 0) is 9.16 Å². The SMILES string of the molecule is C=CC[C@H](CCCO[Si](C)(C)C(C)(C)C)N1C(=O)OCC1O. The maximum atomic E-state index is 11.7. The highest BCUT2D eigenvalue weighted by atomic mass is 28.4. The Hall–Kier alpha value is -0.853. The summed E-state index contributed by atoms with van der Waals surface area (Å²) >= 11 is 0. The van der Waals surface area contributed by atoms with E-state index in [2.05, 4.69) is 40.4 Å². The Balaban J connectivity index is 2.49. The third-order valence-electron chi connectivity index (χ3n) is 4.67. The summed E-state index contributed by atoms with van der Waals surface area (Å²) in [5.41, 5.74) is 0. The number of hydrogen-bond donors (Lipinski definition) is 1. The predicted molar refractivity (Wildman–Crippen MR) is 90.2 cm³/mol. The van der Waals surface area contributed by atoms with E-state index in [0.717, 1.165) is 12.8 Å². The Morgan fingerprint density at radius 1 is 1.55 bits per heavy atom. The van der Waals surface area contributed by atoms with Crippen LogP contribution in [0.5, 0.6) is 0 Å². The fourth-order valence-corrected chi connectivity index (χ4v) is 3.33. The van der Waals surface area contributed by atoms with Gasteiger partial charge in [-0.25, -0.2) is 4.79 Å². The van der Waals surface area contributed by atoms with Gasteiger partial charge in [0.15, 0.2) is 14.5 Å². The van der Waals surface area contributed by atoms with Gasteiger partial charge in [-0.15, -0.1) is 6.58 Å². The van der Waals surface area contributed by atoms with Crippen LogP contribution in [0.4, 0.5) is 4.79 Å². The molecular formula is C16H31NO4Si. The predicted octanol–water partition coefficient (Wildman–Crippen LogP) is 3.50. The van der Waals surface area contributed by atoms with Crippen molar-refractivity contribution in [3.63, 3.8) is 0 Å². The average molecular weight is 330 g/mol. The van der Waals surface area contributed by atoms with Gasteiger partial charge in [-0.1, -0.05) is 26.8 Å². The van der Waals surface area contributed by atoms with Crippen molar-refractivity contribution in [2.75, 3.05) is 13.2 Å². The Labute approximate surface area is 135 Å². The Morgan fingerprint density at radius 2 is 2.18 bits per heavy atom. The summed E-state index contributed by atoms with van der Waals surface area (Å²) in [4.78, 5) is 13.1. The monoisotopic (exact) mass is 329 g/mol. The minimum atomic E-state index is -1.73. The van der Waals surface area contributed by atoms with Crippen LogP contribution in [0.25, 0.3) is 0 Å². The molecule has 0 aromatic rings. The van der Waals surface area contributed by atoms with Crippen molar-refractivity contribution in [1.82, 2.24) is 4.90 Å². The van der Waals surface area contributed by atoms with Gasteiger partial charge in [0.25, 0.3) is 0 Å². The van der Waals surface area contributed by atoms with Crippen molar-refractivity contribution in [2.24, 2.45) is 0 Å². The standard InChI is InChI=1S/C16H31NO4Si/c1-7-9-13(17-14(18)12-20-15(17)19)10-8-11-21-22(5,6)16(2,3)4/h7,13-14,18H,1,8-12H2,2-6H3/t13-,14?/m1/s1. The summed E-state index contributed by atoms with van der Waals surface area (Å²) in [6.07, 6.45) is 2.75. The normalized spacial score (nSPS) is 20.9. The van der Waals surface area contributed by atoms with Gasteiger partial charge in [-0.05, 0) is 37.4 Å². The first kappa shape index (κ1) is 19.2. The number of carbonyl (C=O) groups is 1. The van der Waals surface area contributed by atoms with Gasteiger partial charge in [-0.2, -0.15) is 0 Å². The molecule has 1 saturated heterocycles. The number of carbonyl (C=O) groups excluding carboxylic acids is 1. The van der Waals surface area contributed by atoms with Crippen molar-refractivity contribution < 1.29 is 19.1 Å². The number of cyclic esters (lactones) is 1. The molecule has 0 aromatic heterocycles. The molecule has 6 heteroatoms. The lowest BCUT2D eigenvalue weighted by atomic mass is 10.1. The van der Waals surface area contributed by atoms with Crippen LogP contribution in [0.15, 0.2) is 12.7 Å². The molecule has 0 radical (unpaired) electrons. The molecule has 1 amide bonds. The van der Waals surface area contributed by atoms with E-state index < -0.39 is 20.6 Å². The zero-order chi connectivity index (χ0) is 17.0. The summed E-state index contributed by atoms with van der Waals surface area (Å²) in [6.45, 7) is 15.6. The Kier molecular flexibility index (Phi) is 6.64. The first-order valence-corrected chi connectivity index (χ1v) is 10.9.